The molecule has 5 aromatic rings. The van der Waals surface area contributed by atoms with Gasteiger partial charge in [0, 0.05) is 39.3 Å². The lowest BCUT2D eigenvalue weighted by atomic mass is 10.4. The summed E-state index contributed by atoms with van der Waals surface area (Å²) >= 11 is 0. The van der Waals surface area contributed by atoms with Crippen molar-refractivity contribution in [3.63, 3.8) is 0 Å². The Balaban J connectivity index is 1.79. The van der Waals surface area contributed by atoms with E-state index in [0.717, 1.165) is 0 Å². The standard InChI is InChI=1S/C29H24N2P2/c1-5-13-26(14-6-1)32(27-15-7-2-8-16-27)31(25-21-23-30-24-22-25)33(28-17-9-3-10-18-28)29-19-11-4-12-20-29/h1-24H. The molecule has 4 aromatic carbocycles. The fourth-order valence-corrected chi connectivity index (χ4v) is 9.78. The van der Waals surface area contributed by atoms with E-state index < -0.39 is 16.1 Å². The molecule has 0 atom stereocenters. The molecule has 0 fully saturated rings. The molecule has 0 aliphatic carbocycles. The first kappa shape index (κ1) is 21.5. The van der Waals surface area contributed by atoms with Gasteiger partial charge in [0.1, 0.15) is 0 Å². The van der Waals surface area contributed by atoms with Crippen LogP contribution in [-0.2, 0) is 0 Å². The molecule has 4 heteroatoms. The highest BCUT2D eigenvalue weighted by Crippen LogP contribution is 2.56. The van der Waals surface area contributed by atoms with Gasteiger partial charge in [0.15, 0.2) is 0 Å². The molecule has 0 N–H and O–H groups in total. The zero-order valence-corrected chi connectivity index (χ0v) is 19.9. The van der Waals surface area contributed by atoms with E-state index in [1.807, 2.05) is 12.4 Å². The quantitative estimate of drug-likeness (QED) is 0.277. The van der Waals surface area contributed by atoms with Gasteiger partial charge in [-0.2, -0.15) is 0 Å². The predicted octanol–water partition coefficient (Wildman–Crippen LogP) is 5.98. The second-order valence-corrected chi connectivity index (χ2v) is 11.9. The molecule has 0 bridgehead atoms. The summed E-state index contributed by atoms with van der Waals surface area (Å²) in [4.78, 5) is 4.33. The van der Waals surface area contributed by atoms with E-state index in [4.69, 9.17) is 0 Å². The van der Waals surface area contributed by atoms with E-state index in [9.17, 15) is 0 Å². The molecule has 0 amide bonds. The summed E-state index contributed by atoms with van der Waals surface area (Å²) in [6, 6.07) is 47.9. The molecule has 0 saturated heterocycles. The Bertz CT molecular complexity index is 1090. The van der Waals surface area contributed by atoms with Gasteiger partial charge in [-0.15, -0.1) is 0 Å². The van der Waals surface area contributed by atoms with Crippen LogP contribution in [0.3, 0.4) is 0 Å². The van der Waals surface area contributed by atoms with Crippen molar-refractivity contribution in [2.45, 2.75) is 0 Å². The minimum Gasteiger partial charge on any atom is -0.313 e. The zero-order valence-electron chi connectivity index (χ0n) is 18.1. The van der Waals surface area contributed by atoms with Crippen molar-refractivity contribution in [3.8, 4) is 0 Å². The number of rotatable bonds is 7. The number of pyridine rings is 1. The van der Waals surface area contributed by atoms with Gasteiger partial charge in [-0.3, -0.25) is 4.98 Å². The molecule has 2 nitrogen and oxygen atoms in total. The van der Waals surface area contributed by atoms with Crippen LogP contribution in [-0.4, -0.2) is 4.98 Å². The fourth-order valence-electron chi connectivity index (χ4n) is 3.81. The third-order valence-electron chi connectivity index (χ3n) is 5.28. The first-order valence-corrected chi connectivity index (χ1v) is 13.5. The number of nitrogens with zero attached hydrogens (tertiary/aromatic N) is 2. The Morgan fingerprint density at radius 2 is 0.697 bits per heavy atom. The van der Waals surface area contributed by atoms with Crippen molar-refractivity contribution in [2.75, 3.05) is 4.44 Å². The maximum atomic E-state index is 4.33. The Morgan fingerprint density at radius 1 is 0.394 bits per heavy atom. The lowest BCUT2D eigenvalue weighted by molar-refractivity contribution is 1.32. The molecule has 0 aliphatic rings. The highest BCUT2D eigenvalue weighted by Gasteiger charge is 2.32. The number of hydrogen-bond donors (Lipinski definition) is 0. The van der Waals surface area contributed by atoms with Gasteiger partial charge in [-0.1, -0.05) is 121 Å². The average molecular weight is 462 g/mol. The molecule has 160 valence electrons. The van der Waals surface area contributed by atoms with Crippen LogP contribution in [0.4, 0.5) is 5.69 Å². The summed E-state index contributed by atoms with van der Waals surface area (Å²) < 4.78 is 2.65. The summed E-state index contributed by atoms with van der Waals surface area (Å²) in [6.45, 7) is 0. The van der Waals surface area contributed by atoms with E-state index in [-0.39, 0.29) is 0 Å². The maximum Gasteiger partial charge on any atom is 0.0590 e. The summed E-state index contributed by atoms with van der Waals surface area (Å²) in [5.74, 6) is 0. The Labute approximate surface area is 198 Å². The Hall–Kier alpha value is -3.31. The van der Waals surface area contributed by atoms with Crippen LogP contribution in [0.2, 0.25) is 0 Å². The molecule has 0 spiro atoms. The van der Waals surface area contributed by atoms with Crippen molar-refractivity contribution < 1.29 is 0 Å². The first-order valence-electron chi connectivity index (χ1n) is 10.9. The van der Waals surface area contributed by atoms with E-state index >= 15 is 0 Å². The predicted molar refractivity (Wildman–Crippen MR) is 145 cm³/mol. The number of anilines is 1. The van der Waals surface area contributed by atoms with Crippen molar-refractivity contribution in [1.29, 1.82) is 0 Å². The number of hydrogen-bond acceptors (Lipinski definition) is 2. The van der Waals surface area contributed by atoms with Crippen molar-refractivity contribution in [1.82, 2.24) is 4.98 Å². The molecule has 0 radical (unpaired) electrons. The van der Waals surface area contributed by atoms with Gasteiger partial charge in [0.05, 0.1) is 16.1 Å². The van der Waals surface area contributed by atoms with Gasteiger partial charge in [-0.05, 0) is 12.1 Å². The molecule has 0 aliphatic heterocycles. The summed E-state index contributed by atoms with van der Waals surface area (Å²) in [6.07, 6.45) is 3.80. The van der Waals surface area contributed by atoms with Crippen molar-refractivity contribution in [2.24, 2.45) is 0 Å². The van der Waals surface area contributed by atoms with E-state index in [2.05, 4.69) is 143 Å². The van der Waals surface area contributed by atoms with Crippen LogP contribution in [0, 0.1) is 0 Å². The molecule has 5 rings (SSSR count). The van der Waals surface area contributed by atoms with Crippen LogP contribution in [0.25, 0.3) is 0 Å². The lowest BCUT2D eigenvalue weighted by Gasteiger charge is -2.40. The van der Waals surface area contributed by atoms with E-state index in [1.54, 1.807) is 0 Å². The van der Waals surface area contributed by atoms with Gasteiger partial charge in [-0.25, -0.2) is 0 Å². The molecule has 0 unspecified atom stereocenters. The maximum absolute atomic E-state index is 4.33. The van der Waals surface area contributed by atoms with Crippen LogP contribution >= 0.6 is 16.1 Å². The minimum atomic E-state index is -0.843. The number of benzene rings is 4. The first-order chi connectivity index (χ1) is 16.4. The molecule has 0 saturated carbocycles. The third kappa shape index (κ3) is 4.88. The van der Waals surface area contributed by atoms with Crippen LogP contribution in [0.15, 0.2) is 146 Å². The SMILES string of the molecule is c1ccc(P(c2ccccc2)N(c2ccncc2)P(c2ccccc2)c2ccccc2)cc1. The largest absolute Gasteiger partial charge is 0.313 e. The highest BCUT2D eigenvalue weighted by atomic mass is 31.2. The fraction of sp³-hybridized carbons (Fsp3) is 0. The molecule has 1 heterocycles. The van der Waals surface area contributed by atoms with Crippen molar-refractivity contribution >= 4 is 43.1 Å². The van der Waals surface area contributed by atoms with Gasteiger partial charge in [0.2, 0.25) is 0 Å². The Morgan fingerprint density at radius 3 is 1.00 bits per heavy atom. The monoisotopic (exact) mass is 462 g/mol. The minimum absolute atomic E-state index is 0.843. The van der Waals surface area contributed by atoms with Crippen LogP contribution in [0.1, 0.15) is 0 Å². The van der Waals surface area contributed by atoms with Crippen LogP contribution < -0.4 is 25.7 Å². The topological polar surface area (TPSA) is 16.1 Å². The highest BCUT2D eigenvalue weighted by molar-refractivity contribution is 7.90. The second-order valence-electron chi connectivity index (χ2n) is 7.46. The van der Waals surface area contributed by atoms with Gasteiger partial charge in [0.25, 0.3) is 0 Å². The molecular formula is C29H24N2P2. The Kier molecular flexibility index (Phi) is 6.88. The van der Waals surface area contributed by atoms with Crippen molar-refractivity contribution in [3.05, 3.63) is 146 Å². The molecular weight excluding hydrogens is 438 g/mol. The number of aromatic nitrogens is 1. The zero-order chi connectivity index (χ0) is 22.3. The molecule has 33 heavy (non-hydrogen) atoms. The van der Waals surface area contributed by atoms with Crippen LogP contribution in [0.5, 0.6) is 0 Å². The van der Waals surface area contributed by atoms with Gasteiger partial charge < -0.3 is 4.44 Å². The summed E-state index contributed by atoms with van der Waals surface area (Å²) in [7, 11) is -1.69. The van der Waals surface area contributed by atoms with E-state index in [0.29, 0.717) is 0 Å². The normalized spacial score (nSPS) is 11.0. The average Bonchev–Trinajstić information content (AvgIpc) is 2.91. The van der Waals surface area contributed by atoms with Gasteiger partial charge >= 0.3 is 0 Å². The smallest absolute Gasteiger partial charge is 0.0590 e. The summed E-state index contributed by atoms with van der Waals surface area (Å²) in [5, 5.41) is 5.31. The lowest BCUT2D eigenvalue weighted by Crippen LogP contribution is -2.31. The second kappa shape index (κ2) is 10.5. The molecule has 1 aromatic heterocycles. The third-order valence-corrected chi connectivity index (χ3v) is 10.7. The summed E-state index contributed by atoms with van der Waals surface area (Å²) in [5.41, 5.74) is 1.18. The van der Waals surface area contributed by atoms with E-state index in [1.165, 1.54) is 26.9 Å².